The lowest BCUT2D eigenvalue weighted by molar-refractivity contribution is -0.385. The zero-order valence-electron chi connectivity index (χ0n) is 10.8. The summed E-state index contributed by atoms with van der Waals surface area (Å²) in [5.41, 5.74) is 11.6. The topological polar surface area (TPSA) is 114 Å². The van der Waals surface area contributed by atoms with Gasteiger partial charge in [0.25, 0.3) is 5.69 Å². The molecular weight excluding hydrogens is 274 g/mol. The van der Waals surface area contributed by atoms with Gasteiger partial charge in [0, 0.05) is 6.04 Å². The van der Waals surface area contributed by atoms with Crippen molar-refractivity contribution in [3.8, 4) is 11.5 Å². The number of ether oxygens (including phenoxy) is 2. The molecule has 0 aliphatic heterocycles. The van der Waals surface area contributed by atoms with E-state index in [1.54, 1.807) is 0 Å². The van der Waals surface area contributed by atoms with Gasteiger partial charge in [-0.3, -0.25) is 10.1 Å². The number of halogens is 1. The van der Waals surface area contributed by atoms with E-state index in [-0.39, 0.29) is 18.1 Å². The molecule has 0 aliphatic rings. The van der Waals surface area contributed by atoms with Crippen molar-refractivity contribution < 1.29 is 14.4 Å². The van der Waals surface area contributed by atoms with Crippen LogP contribution in [0.3, 0.4) is 0 Å². The van der Waals surface area contributed by atoms with Crippen LogP contribution in [0, 0.1) is 10.1 Å². The average molecular weight is 292 g/mol. The van der Waals surface area contributed by atoms with Crippen molar-refractivity contribution in [2.75, 3.05) is 20.8 Å². The Morgan fingerprint density at radius 3 is 2.26 bits per heavy atom. The van der Waals surface area contributed by atoms with Gasteiger partial charge in [-0.25, -0.2) is 0 Å². The maximum Gasteiger partial charge on any atom is 0.278 e. The van der Waals surface area contributed by atoms with Crippen LogP contribution in [0.15, 0.2) is 12.1 Å². The van der Waals surface area contributed by atoms with Gasteiger partial charge in [-0.1, -0.05) is 0 Å². The number of hydrogen-bond donors (Lipinski definition) is 2. The molecule has 4 N–H and O–H groups in total. The molecule has 108 valence electrons. The van der Waals surface area contributed by atoms with Gasteiger partial charge in [0.15, 0.2) is 11.5 Å². The second-order valence-corrected chi connectivity index (χ2v) is 3.71. The quantitative estimate of drug-likeness (QED) is 0.604. The summed E-state index contributed by atoms with van der Waals surface area (Å²) in [4.78, 5) is 10.5. The first-order valence-corrected chi connectivity index (χ1v) is 5.41. The molecule has 1 aromatic carbocycles. The van der Waals surface area contributed by atoms with Crippen LogP contribution in [0.25, 0.3) is 0 Å². The van der Waals surface area contributed by atoms with Crippen molar-refractivity contribution >= 4 is 18.1 Å². The minimum atomic E-state index is -0.504. The molecule has 0 aliphatic carbocycles. The van der Waals surface area contributed by atoms with Crippen LogP contribution >= 0.6 is 12.4 Å². The van der Waals surface area contributed by atoms with Crippen LogP contribution in [0.5, 0.6) is 11.5 Å². The van der Waals surface area contributed by atoms with Crippen molar-refractivity contribution in [3.05, 3.63) is 27.8 Å². The van der Waals surface area contributed by atoms with Crippen LogP contribution < -0.4 is 20.9 Å². The minimum absolute atomic E-state index is 0. The summed E-state index contributed by atoms with van der Waals surface area (Å²) < 4.78 is 10.1. The van der Waals surface area contributed by atoms with E-state index in [9.17, 15) is 10.1 Å². The molecule has 19 heavy (non-hydrogen) atoms. The number of hydrogen-bond acceptors (Lipinski definition) is 6. The van der Waals surface area contributed by atoms with Gasteiger partial charge in [-0.05, 0) is 19.0 Å². The van der Waals surface area contributed by atoms with E-state index in [0.29, 0.717) is 30.0 Å². The number of rotatable bonds is 6. The molecule has 0 radical (unpaired) electrons. The average Bonchev–Trinajstić information content (AvgIpc) is 2.37. The van der Waals surface area contributed by atoms with Crippen molar-refractivity contribution in [1.82, 2.24) is 0 Å². The normalized spacial score (nSPS) is 11.4. The second kappa shape index (κ2) is 7.78. The monoisotopic (exact) mass is 291 g/mol. The zero-order chi connectivity index (χ0) is 13.7. The largest absolute Gasteiger partial charge is 0.493 e. The molecule has 0 spiro atoms. The molecule has 0 saturated carbocycles. The number of methoxy groups -OCH3 is 2. The molecular formula is C11H18ClN3O4. The molecule has 0 fully saturated rings. The molecule has 1 atom stereocenters. The third kappa shape index (κ3) is 3.95. The smallest absolute Gasteiger partial charge is 0.278 e. The lowest BCUT2D eigenvalue weighted by Gasteiger charge is -2.14. The Kier molecular flexibility index (Phi) is 7.13. The Hall–Kier alpha value is -1.57. The maximum atomic E-state index is 11.0. The number of benzene rings is 1. The summed E-state index contributed by atoms with van der Waals surface area (Å²) in [5, 5.41) is 11.0. The fourth-order valence-corrected chi connectivity index (χ4v) is 1.67. The fourth-order valence-electron chi connectivity index (χ4n) is 1.67. The summed E-state index contributed by atoms with van der Waals surface area (Å²) in [5.74, 6) is 0.707. The summed E-state index contributed by atoms with van der Waals surface area (Å²) in [6.07, 6.45) is 0.455. The highest BCUT2D eigenvalue weighted by atomic mass is 35.5. The molecule has 0 heterocycles. The van der Waals surface area contributed by atoms with Crippen molar-refractivity contribution in [1.29, 1.82) is 0 Å². The van der Waals surface area contributed by atoms with Gasteiger partial charge >= 0.3 is 0 Å². The maximum absolute atomic E-state index is 11.0. The highest BCUT2D eigenvalue weighted by molar-refractivity contribution is 5.85. The third-order valence-electron chi connectivity index (χ3n) is 2.61. The van der Waals surface area contributed by atoms with Crippen LogP contribution in [0.1, 0.15) is 18.0 Å². The highest BCUT2D eigenvalue weighted by Gasteiger charge is 2.23. The Balaban J connectivity index is 0.00000324. The molecule has 0 saturated heterocycles. The Labute approximate surface area is 117 Å². The van der Waals surface area contributed by atoms with E-state index < -0.39 is 11.0 Å². The van der Waals surface area contributed by atoms with Crippen LogP contribution in [0.2, 0.25) is 0 Å². The molecule has 0 amide bonds. The summed E-state index contributed by atoms with van der Waals surface area (Å²) in [7, 11) is 2.88. The molecule has 1 aromatic rings. The van der Waals surface area contributed by atoms with Gasteiger partial charge in [-0.2, -0.15) is 0 Å². The number of nitrogens with two attached hydrogens (primary N) is 2. The lowest BCUT2D eigenvalue weighted by atomic mass is 10.0. The first-order valence-electron chi connectivity index (χ1n) is 5.41. The molecule has 0 unspecified atom stereocenters. The van der Waals surface area contributed by atoms with Crippen molar-refractivity contribution in [2.45, 2.75) is 12.5 Å². The summed E-state index contributed by atoms with van der Waals surface area (Å²) in [6, 6.07) is 2.33. The second-order valence-electron chi connectivity index (χ2n) is 3.71. The SMILES string of the molecule is COc1cc([C@@H](N)CCN)c([N+](=O)[O-])cc1OC.Cl. The van der Waals surface area contributed by atoms with Crippen LogP contribution in [0.4, 0.5) is 5.69 Å². The minimum Gasteiger partial charge on any atom is -0.493 e. The number of nitro groups is 1. The van der Waals surface area contributed by atoms with E-state index in [1.807, 2.05) is 0 Å². The number of nitro benzene ring substituents is 1. The first kappa shape index (κ1) is 17.4. The molecule has 8 heteroatoms. The predicted octanol–water partition coefficient (Wildman–Crippen LogP) is 1.38. The molecule has 0 bridgehead atoms. The van der Waals surface area contributed by atoms with E-state index in [1.165, 1.54) is 26.4 Å². The third-order valence-corrected chi connectivity index (χ3v) is 2.61. The lowest BCUT2D eigenvalue weighted by Crippen LogP contribution is -2.17. The summed E-state index contributed by atoms with van der Waals surface area (Å²) >= 11 is 0. The Bertz CT molecular complexity index is 442. The van der Waals surface area contributed by atoms with E-state index in [0.717, 1.165) is 0 Å². The first-order chi connectivity index (χ1) is 8.54. The van der Waals surface area contributed by atoms with Gasteiger partial charge in [0.05, 0.1) is 30.8 Å². The van der Waals surface area contributed by atoms with Crippen LogP contribution in [-0.2, 0) is 0 Å². The van der Waals surface area contributed by atoms with Gasteiger partial charge in [0.2, 0.25) is 0 Å². The van der Waals surface area contributed by atoms with Gasteiger partial charge in [0.1, 0.15) is 0 Å². The fraction of sp³-hybridized carbons (Fsp3) is 0.455. The van der Waals surface area contributed by atoms with Crippen molar-refractivity contribution in [2.24, 2.45) is 11.5 Å². The van der Waals surface area contributed by atoms with Crippen LogP contribution in [-0.4, -0.2) is 25.7 Å². The highest BCUT2D eigenvalue weighted by Crippen LogP contribution is 2.37. The van der Waals surface area contributed by atoms with Gasteiger partial charge < -0.3 is 20.9 Å². The van der Waals surface area contributed by atoms with Gasteiger partial charge in [-0.15, -0.1) is 12.4 Å². The van der Waals surface area contributed by atoms with Crippen molar-refractivity contribution in [3.63, 3.8) is 0 Å². The molecule has 1 rings (SSSR count). The van der Waals surface area contributed by atoms with E-state index in [4.69, 9.17) is 20.9 Å². The predicted molar refractivity (Wildman–Crippen MR) is 74.0 cm³/mol. The molecule has 0 aromatic heterocycles. The van der Waals surface area contributed by atoms with E-state index in [2.05, 4.69) is 0 Å². The summed E-state index contributed by atoms with van der Waals surface area (Å²) in [6.45, 7) is 0.354. The Morgan fingerprint density at radius 2 is 1.84 bits per heavy atom. The Morgan fingerprint density at radius 1 is 1.32 bits per heavy atom. The standard InChI is InChI=1S/C11H17N3O4.ClH/c1-17-10-5-7(8(13)3-4-12)9(14(15)16)6-11(10)18-2;/h5-6,8H,3-4,12-13H2,1-2H3;1H/t8-;/m0./s1. The number of nitrogens with zero attached hydrogens (tertiary/aromatic N) is 1. The zero-order valence-corrected chi connectivity index (χ0v) is 11.6. The van der Waals surface area contributed by atoms with E-state index >= 15 is 0 Å². The molecule has 7 nitrogen and oxygen atoms in total.